The van der Waals surface area contributed by atoms with Gasteiger partial charge in [0.25, 0.3) is 0 Å². The molecular weight excluding hydrogens is 461 g/mol. The highest BCUT2D eigenvalue weighted by Gasteiger charge is 2.44. The van der Waals surface area contributed by atoms with Crippen molar-refractivity contribution >= 4 is 40.7 Å². The Bertz CT molecular complexity index is 1110. The molecule has 0 aromatic heterocycles. The molecule has 0 bridgehead atoms. The second kappa shape index (κ2) is 10.2. The number of benzene rings is 2. The molecule has 0 saturated heterocycles. The van der Waals surface area contributed by atoms with E-state index in [1.165, 1.54) is 0 Å². The van der Waals surface area contributed by atoms with Gasteiger partial charge < -0.3 is 9.47 Å². The Morgan fingerprint density at radius 2 is 1.58 bits per heavy atom. The molecule has 7 heteroatoms. The van der Waals surface area contributed by atoms with Crippen molar-refractivity contribution in [3.8, 4) is 0 Å². The van der Waals surface area contributed by atoms with Crippen molar-refractivity contribution in [2.75, 3.05) is 20.3 Å². The van der Waals surface area contributed by atoms with Crippen molar-refractivity contribution in [2.24, 2.45) is 10.9 Å². The molecule has 0 radical (unpaired) electrons. The average molecular weight is 486 g/mol. The molecule has 172 valence electrons. The fraction of sp³-hybridized carbons (Fsp3) is 0.346. The van der Waals surface area contributed by atoms with Crippen LogP contribution in [0.5, 0.6) is 0 Å². The van der Waals surface area contributed by atoms with E-state index in [9.17, 15) is 9.59 Å². The number of allylic oxidation sites excluding steroid dienone is 2. The van der Waals surface area contributed by atoms with Crippen LogP contribution in [0.4, 0.5) is 0 Å². The minimum atomic E-state index is -0.683. The summed E-state index contributed by atoms with van der Waals surface area (Å²) in [6.45, 7) is 2.27. The van der Waals surface area contributed by atoms with E-state index in [0.717, 1.165) is 16.8 Å². The summed E-state index contributed by atoms with van der Waals surface area (Å²) in [5.41, 5.74) is 3.87. The molecule has 5 nitrogen and oxygen atoms in total. The number of aliphatic imine (C=N–C) groups is 1. The molecule has 4 rings (SSSR count). The lowest BCUT2D eigenvalue weighted by Gasteiger charge is -2.36. The van der Waals surface area contributed by atoms with Crippen LogP contribution in [0.2, 0.25) is 10.0 Å². The van der Waals surface area contributed by atoms with E-state index in [4.69, 9.17) is 37.7 Å². The highest BCUT2D eigenvalue weighted by Crippen LogP contribution is 2.47. The maximum atomic E-state index is 13.5. The number of rotatable bonds is 6. The zero-order valence-electron chi connectivity index (χ0n) is 18.5. The third-order valence-corrected chi connectivity index (χ3v) is 6.75. The van der Waals surface area contributed by atoms with E-state index in [-0.39, 0.29) is 18.3 Å². The number of carbonyl (C=O) groups excluding carboxylic acids is 2. The Morgan fingerprint density at radius 3 is 2.18 bits per heavy atom. The number of Topliss-reactive ketones (excluding diaryl/α,β-unsaturated/α-hetero) is 1. The summed E-state index contributed by atoms with van der Waals surface area (Å²) in [4.78, 5) is 31.4. The first kappa shape index (κ1) is 23.7. The molecule has 1 unspecified atom stereocenters. The maximum absolute atomic E-state index is 13.5. The molecule has 33 heavy (non-hydrogen) atoms. The number of methoxy groups -OCH3 is 1. The summed E-state index contributed by atoms with van der Waals surface area (Å²) in [6, 6.07) is 14.9. The van der Waals surface area contributed by atoms with Gasteiger partial charge in [-0.1, -0.05) is 47.5 Å². The Balaban J connectivity index is 1.73. The molecular formula is C26H25Cl2NO4. The van der Waals surface area contributed by atoms with Crippen LogP contribution >= 0.6 is 23.2 Å². The van der Waals surface area contributed by atoms with Gasteiger partial charge in [0.05, 0.1) is 6.61 Å². The lowest BCUT2D eigenvalue weighted by Crippen LogP contribution is -2.38. The number of hydrogen-bond acceptors (Lipinski definition) is 5. The van der Waals surface area contributed by atoms with Crippen LogP contribution in [-0.2, 0) is 19.1 Å². The monoisotopic (exact) mass is 485 g/mol. The van der Waals surface area contributed by atoms with Crippen LogP contribution < -0.4 is 0 Å². The Morgan fingerprint density at radius 1 is 0.970 bits per heavy atom. The van der Waals surface area contributed by atoms with Crippen molar-refractivity contribution in [3.63, 3.8) is 0 Å². The molecule has 2 aromatic rings. The second-order valence-corrected chi connectivity index (χ2v) is 9.23. The molecule has 0 saturated carbocycles. The number of hydrogen-bond donors (Lipinski definition) is 0. The van der Waals surface area contributed by atoms with E-state index in [0.29, 0.717) is 40.8 Å². The first-order chi connectivity index (χ1) is 15.9. The number of nitrogens with zero attached hydrogens (tertiary/aromatic N) is 1. The van der Waals surface area contributed by atoms with Gasteiger partial charge in [-0.25, -0.2) is 0 Å². The third kappa shape index (κ3) is 5.06. The summed E-state index contributed by atoms with van der Waals surface area (Å²) in [5, 5.41) is 1.25. The van der Waals surface area contributed by atoms with Crippen LogP contribution in [-0.4, -0.2) is 37.8 Å². The van der Waals surface area contributed by atoms with Gasteiger partial charge in [-0.15, -0.1) is 0 Å². The maximum Gasteiger partial charge on any atom is 0.315 e. The van der Waals surface area contributed by atoms with Gasteiger partial charge in [-0.2, -0.15) is 0 Å². The van der Waals surface area contributed by atoms with Crippen molar-refractivity contribution < 1.29 is 19.1 Å². The minimum Gasteiger partial charge on any atom is -0.463 e. The quantitative estimate of drug-likeness (QED) is 0.385. The van der Waals surface area contributed by atoms with Crippen LogP contribution in [0.15, 0.2) is 64.8 Å². The zero-order valence-corrected chi connectivity index (χ0v) is 20.0. The molecule has 1 aliphatic carbocycles. The summed E-state index contributed by atoms with van der Waals surface area (Å²) in [5.74, 6) is -1.54. The van der Waals surface area contributed by atoms with Crippen molar-refractivity contribution in [3.05, 3.63) is 81.0 Å². The van der Waals surface area contributed by atoms with Gasteiger partial charge in [-0.05, 0) is 54.7 Å². The Hall–Kier alpha value is -2.47. The highest BCUT2D eigenvalue weighted by atomic mass is 35.5. The van der Waals surface area contributed by atoms with Crippen LogP contribution in [0.25, 0.3) is 0 Å². The van der Waals surface area contributed by atoms with Crippen LogP contribution in [0, 0.1) is 5.92 Å². The van der Waals surface area contributed by atoms with Crippen molar-refractivity contribution in [2.45, 2.75) is 31.6 Å². The van der Waals surface area contributed by atoms with Gasteiger partial charge in [0.1, 0.15) is 12.5 Å². The van der Waals surface area contributed by atoms with Gasteiger partial charge >= 0.3 is 5.97 Å². The van der Waals surface area contributed by atoms with Crippen molar-refractivity contribution in [1.29, 1.82) is 0 Å². The molecule has 1 aliphatic heterocycles. The summed E-state index contributed by atoms with van der Waals surface area (Å²) < 4.78 is 10.5. The van der Waals surface area contributed by atoms with Crippen LogP contribution in [0.1, 0.15) is 42.7 Å². The molecule has 0 spiro atoms. The molecule has 2 aromatic carbocycles. The number of halogens is 2. The standard InChI is InChI=1S/C26H25Cl2NO4/c1-15-23(26(31)33-12-11-32-2)24(17-5-9-20(28)10-6-17)25-21(29-15)13-18(14-22(25)30)16-3-7-19(27)8-4-16/h3-10,18,23-24H,11-14H2,1-2H3/t18-,23?,24-/m1/s1. The minimum absolute atomic E-state index is 0.00194. The summed E-state index contributed by atoms with van der Waals surface area (Å²) >= 11 is 12.1. The second-order valence-electron chi connectivity index (χ2n) is 8.36. The number of ketones is 1. The lowest BCUT2D eigenvalue weighted by molar-refractivity contribution is -0.147. The topological polar surface area (TPSA) is 65.0 Å². The van der Waals surface area contributed by atoms with Gasteiger partial charge in [0.2, 0.25) is 0 Å². The Labute approximate surface area is 203 Å². The van der Waals surface area contributed by atoms with E-state index in [2.05, 4.69) is 0 Å². The first-order valence-corrected chi connectivity index (χ1v) is 11.6. The van der Waals surface area contributed by atoms with Crippen molar-refractivity contribution in [1.82, 2.24) is 0 Å². The predicted octanol–water partition coefficient (Wildman–Crippen LogP) is 5.76. The van der Waals surface area contributed by atoms with E-state index in [1.807, 2.05) is 43.3 Å². The lowest BCUT2D eigenvalue weighted by atomic mass is 9.69. The van der Waals surface area contributed by atoms with Crippen LogP contribution in [0.3, 0.4) is 0 Å². The molecule has 3 atom stereocenters. The number of esters is 1. The average Bonchev–Trinajstić information content (AvgIpc) is 2.79. The normalized spacial score (nSPS) is 22.6. The molecule has 1 heterocycles. The van der Waals surface area contributed by atoms with Gasteiger partial charge in [0, 0.05) is 46.5 Å². The molecule has 0 amide bonds. The largest absolute Gasteiger partial charge is 0.463 e. The molecule has 0 fully saturated rings. The number of ether oxygens (including phenoxy) is 2. The van der Waals surface area contributed by atoms with E-state index >= 15 is 0 Å². The van der Waals surface area contributed by atoms with E-state index in [1.54, 1.807) is 19.2 Å². The van der Waals surface area contributed by atoms with Gasteiger partial charge in [-0.3, -0.25) is 14.6 Å². The highest BCUT2D eigenvalue weighted by molar-refractivity contribution is 6.30. The summed E-state index contributed by atoms with van der Waals surface area (Å²) in [7, 11) is 1.55. The smallest absolute Gasteiger partial charge is 0.315 e. The fourth-order valence-corrected chi connectivity index (χ4v) is 4.93. The fourth-order valence-electron chi connectivity index (χ4n) is 4.68. The third-order valence-electron chi connectivity index (χ3n) is 6.24. The Kier molecular flexibility index (Phi) is 7.32. The predicted molar refractivity (Wildman–Crippen MR) is 129 cm³/mol. The van der Waals surface area contributed by atoms with E-state index < -0.39 is 17.8 Å². The number of carbonyl (C=O) groups is 2. The molecule has 0 N–H and O–H groups in total. The van der Waals surface area contributed by atoms with Gasteiger partial charge in [0.15, 0.2) is 5.78 Å². The SMILES string of the molecule is COCCOC(=O)C1C(C)=NC2=C(C(=O)C[C@H](c3ccc(Cl)cc3)C2)[C@@H]1c1ccc(Cl)cc1. The molecule has 2 aliphatic rings. The summed E-state index contributed by atoms with van der Waals surface area (Å²) in [6.07, 6.45) is 0.972. The zero-order chi connectivity index (χ0) is 23.5. The first-order valence-electron chi connectivity index (χ1n) is 10.9.